The van der Waals surface area contributed by atoms with Gasteiger partial charge in [0.05, 0.1) is 0 Å². The van der Waals surface area contributed by atoms with Gasteiger partial charge in [0.1, 0.15) is 17.9 Å². The number of nitrogens with zero attached hydrogens (tertiary/aromatic N) is 1. The summed E-state index contributed by atoms with van der Waals surface area (Å²) in [6, 6.07) is 17.9. The summed E-state index contributed by atoms with van der Waals surface area (Å²) < 4.78 is 16.0. The summed E-state index contributed by atoms with van der Waals surface area (Å²) >= 11 is 5.86. The molecular formula is C19H12ClNO4. The average molecular weight is 354 g/mol. The van der Waals surface area contributed by atoms with Crippen molar-refractivity contribution in [2.75, 3.05) is 0 Å². The van der Waals surface area contributed by atoms with Gasteiger partial charge in [-0.2, -0.15) is 0 Å². The van der Waals surface area contributed by atoms with E-state index in [1.54, 1.807) is 30.3 Å². The summed E-state index contributed by atoms with van der Waals surface area (Å²) in [5, 5.41) is 5.40. The summed E-state index contributed by atoms with van der Waals surface area (Å²) in [5.74, 6) is 0.182. The lowest BCUT2D eigenvalue weighted by molar-refractivity contribution is 0.0430. The van der Waals surface area contributed by atoms with Gasteiger partial charge in [0, 0.05) is 22.0 Å². The molecule has 4 rings (SSSR count). The van der Waals surface area contributed by atoms with Gasteiger partial charge in [-0.1, -0.05) is 35.0 Å². The largest absolute Gasteiger partial charge is 0.453 e. The highest BCUT2D eigenvalue weighted by atomic mass is 35.5. The molecule has 2 heterocycles. The number of hydrogen-bond donors (Lipinski definition) is 0. The van der Waals surface area contributed by atoms with Crippen LogP contribution < -0.4 is 0 Å². The van der Waals surface area contributed by atoms with Crippen LogP contribution >= 0.6 is 11.6 Å². The number of rotatable bonds is 4. The van der Waals surface area contributed by atoms with E-state index in [0.29, 0.717) is 22.1 Å². The fraction of sp³-hybridized carbons (Fsp3) is 0.0526. The van der Waals surface area contributed by atoms with Crippen molar-refractivity contribution in [3.63, 3.8) is 0 Å². The molecule has 2 aromatic carbocycles. The molecule has 5 nitrogen and oxygen atoms in total. The molecular weight excluding hydrogens is 342 g/mol. The van der Waals surface area contributed by atoms with Crippen LogP contribution in [0.15, 0.2) is 69.6 Å². The molecule has 0 fully saturated rings. The van der Waals surface area contributed by atoms with Gasteiger partial charge in [-0.3, -0.25) is 0 Å². The lowest BCUT2D eigenvalue weighted by atomic mass is 10.2. The Morgan fingerprint density at radius 3 is 2.68 bits per heavy atom. The first-order chi connectivity index (χ1) is 12.2. The quantitative estimate of drug-likeness (QED) is 0.477. The Balaban J connectivity index is 1.44. The van der Waals surface area contributed by atoms with Crippen LogP contribution in [0.1, 0.15) is 16.2 Å². The number of ether oxygens (including phenoxy) is 1. The topological polar surface area (TPSA) is 65.5 Å². The third-order valence-corrected chi connectivity index (χ3v) is 3.92. The number of benzene rings is 2. The third kappa shape index (κ3) is 3.27. The van der Waals surface area contributed by atoms with Crippen molar-refractivity contribution in [3.05, 3.63) is 77.1 Å². The number of esters is 1. The van der Waals surface area contributed by atoms with Crippen LogP contribution in [0.2, 0.25) is 5.02 Å². The van der Waals surface area contributed by atoms with E-state index >= 15 is 0 Å². The van der Waals surface area contributed by atoms with Crippen LogP contribution in [0.25, 0.3) is 22.3 Å². The summed E-state index contributed by atoms with van der Waals surface area (Å²) in [5.41, 5.74) is 1.99. The molecule has 6 heteroatoms. The Morgan fingerprint density at radius 1 is 1.08 bits per heavy atom. The molecule has 4 aromatic rings. The number of aromatic nitrogens is 1. The second-order valence-electron chi connectivity index (χ2n) is 5.41. The summed E-state index contributed by atoms with van der Waals surface area (Å²) in [6.45, 7) is -0.00698. The summed E-state index contributed by atoms with van der Waals surface area (Å²) in [7, 11) is 0. The second-order valence-corrected chi connectivity index (χ2v) is 5.85. The first-order valence-corrected chi connectivity index (χ1v) is 7.94. The summed E-state index contributed by atoms with van der Waals surface area (Å²) in [4.78, 5) is 12.1. The van der Waals surface area contributed by atoms with E-state index in [4.69, 9.17) is 25.3 Å². The van der Waals surface area contributed by atoms with Crippen molar-refractivity contribution in [1.82, 2.24) is 5.16 Å². The zero-order valence-electron chi connectivity index (χ0n) is 12.9. The van der Waals surface area contributed by atoms with E-state index in [-0.39, 0.29) is 12.4 Å². The van der Waals surface area contributed by atoms with Crippen molar-refractivity contribution in [1.29, 1.82) is 0 Å². The van der Waals surface area contributed by atoms with Crippen molar-refractivity contribution in [2.24, 2.45) is 0 Å². The molecule has 0 radical (unpaired) electrons. The average Bonchev–Trinajstić information content (AvgIpc) is 3.27. The van der Waals surface area contributed by atoms with E-state index in [1.807, 2.05) is 30.3 Å². The first-order valence-electron chi connectivity index (χ1n) is 7.56. The number of carbonyl (C=O) groups excluding carboxylic acids is 1. The monoisotopic (exact) mass is 353 g/mol. The maximum Gasteiger partial charge on any atom is 0.374 e. The molecule has 0 aliphatic rings. The fourth-order valence-electron chi connectivity index (χ4n) is 2.42. The van der Waals surface area contributed by atoms with Gasteiger partial charge in [-0.05, 0) is 36.4 Å². The highest BCUT2D eigenvalue weighted by molar-refractivity contribution is 6.30. The molecule has 0 N–H and O–H groups in total. The highest BCUT2D eigenvalue weighted by Crippen LogP contribution is 2.23. The molecule has 124 valence electrons. The second kappa shape index (κ2) is 6.45. The third-order valence-electron chi connectivity index (χ3n) is 3.67. The van der Waals surface area contributed by atoms with Gasteiger partial charge in [0.15, 0.2) is 5.76 Å². The Labute approximate surface area is 147 Å². The van der Waals surface area contributed by atoms with Crippen LogP contribution in [0.5, 0.6) is 0 Å². The number of hydrogen-bond acceptors (Lipinski definition) is 5. The molecule has 0 saturated carbocycles. The molecule has 0 spiro atoms. The van der Waals surface area contributed by atoms with Gasteiger partial charge in [-0.15, -0.1) is 0 Å². The Morgan fingerprint density at radius 2 is 1.88 bits per heavy atom. The standard InChI is InChI=1S/C19H12ClNO4/c20-14-7-5-12(6-8-14)17-10-15(21-25-17)11-23-19(22)18-9-13-3-1-2-4-16(13)24-18/h1-10H,11H2. The van der Waals surface area contributed by atoms with Crippen LogP contribution in [0.4, 0.5) is 0 Å². The van der Waals surface area contributed by atoms with E-state index < -0.39 is 5.97 Å². The fourth-order valence-corrected chi connectivity index (χ4v) is 2.55. The Bertz CT molecular complexity index is 1000. The van der Waals surface area contributed by atoms with Crippen LogP contribution in [-0.4, -0.2) is 11.1 Å². The van der Waals surface area contributed by atoms with E-state index in [2.05, 4.69) is 5.16 Å². The molecule has 0 aliphatic carbocycles. The summed E-state index contributed by atoms with van der Waals surface area (Å²) in [6.07, 6.45) is 0. The molecule has 0 amide bonds. The lowest BCUT2D eigenvalue weighted by Gasteiger charge is -1.98. The van der Waals surface area contributed by atoms with Crippen molar-refractivity contribution in [2.45, 2.75) is 6.61 Å². The number of halogens is 1. The highest BCUT2D eigenvalue weighted by Gasteiger charge is 2.15. The van der Waals surface area contributed by atoms with Gasteiger partial charge in [-0.25, -0.2) is 4.79 Å². The molecule has 0 atom stereocenters. The number of para-hydroxylation sites is 1. The zero-order valence-corrected chi connectivity index (χ0v) is 13.7. The number of fused-ring (bicyclic) bond motifs is 1. The zero-order chi connectivity index (χ0) is 17.2. The minimum absolute atomic E-state index is 0.00698. The lowest BCUT2D eigenvalue weighted by Crippen LogP contribution is -2.03. The van der Waals surface area contributed by atoms with E-state index in [9.17, 15) is 4.79 Å². The molecule has 2 aromatic heterocycles. The number of carbonyl (C=O) groups is 1. The van der Waals surface area contributed by atoms with Crippen molar-refractivity contribution >= 4 is 28.5 Å². The van der Waals surface area contributed by atoms with Gasteiger partial charge >= 0.3 is 5.97 Å². The minimum atomic E-state index is -0.549. The molecule has 25 heavy (non-hydrogen) atoms. The normalized spacial score (nSPS) is 10.9. The van der Waals surface area contributed by atoms with E-state index in [1.165, 1.54) is 0 Å². The molecule has 0 saturated heterocycles. The van der Waals surface area contributed by atoms with Crippen molar-refractivity contribution < 1.29 is 18.5 Å². The van der Waals surface area contributed by atoms with Gasteiger partial charge < -0.3 is 13.7 Å². The predicted octanol–water partition coefficient (Wildman–Crippen LogP) is 5.10. The van der Waals surface area contributed by atoms with Crippen LogP contribution in [0.3, 0.4) is 0 Å². The smallest absolute Gasteiger partial charge is 0.374 e. The first kappa shape index (κ1) is 15.5. The van der Waals surface area contributed by atoms with Crippen LogP contribution in [0, 0.1) is 0 Å². The Kier molecular flexibility index (Phi) is 3.99. The molecule has 0 unspecified atom stereocenters. The Hall–Kier alpha value is -3.05. The minimum Gasteiger partial charge on any atom is -0.453 e. The van der Waals surface area contributed by atoms with E-state index in [0.717, 1.165) is 10.9 Å². The maximum absolute atomic E-state index is 12.1. The maximum atomic E-state index is 12.1. The van der Waals surface area contributed by atoms with Crippen molar-refractivity contribution in [3.8, 4) is 11.3 Å². The SMILES string of the molecule is O=C(OCc1cc(-c2ccc(Cl)cc2)on1)c1cc2ccccc2o1. The van der Waals surface area contributed by atoms with Gasteiger partial charge in [0.25, 0.3) is 0 Å². The molecule has 0 aliphatic heterocycles. The number of furan rings is 1. The predicted molar refractivity (Wildman–Crippen MR) is 92.3 cm³/mol. The molecule has 0 bridgehead atoms. The van der Waals surface area contributed by atoms with Crippen LogP contribution in [-0.2, 0) is 11.3 Å². The van der Waals surface area contributed by atoms with Gasteiger partial charge in [0.2, 0.25) is 5.76 Å².